The highest BCUT2D eigenvalue weighted by Crippen LogP contribution is 2.41. The highest BCUT2D eigenvalue weighted by molar-refractivity contribution is 6.07. The predicted octanol–water partition coefficient (Wildman–Crippen LogP) is 1.97. The first-order valence-electron chi connectivity index (χ1n) is 7.57. The Bertz CT molecular complexity index is 720. The third kappa shape index (κ3) is 3.10. The van der Waals surface area contributed by atoms with Crippen LogP contribution in [0.25, 0.3) is 0 Å². The van der Waals surface area contributed by atoms with Gasteiger partial charge in [-0.3, -0.25) is 9.79 Å². The maximum absolute atomic E-state index is 12.4. The van der Waals surface area contributed by atoms with Crippen molar-refractivity contribution in [3.63, 3.8) is 0 Å². The molecule has 0 aliphatic carbocycles. The minimum atomic E-state index is -0.750. The molecule has 128 valence electrons. The number of aliphatic imine (C=N–C) groups is 1. The number of aliphatic hydroxyl groups excluding tert-OH is 1. The zero-order chi connectivity index (χ0) is 17.9. The average molecular weight is 331 g/mol. The molecule has 1 N–H and O–H groups in total. The first-order valence-corrected chi connectivity index (χ1v) is 7.57. The van der Waals surface area contributed by atoms with Gasteiger partial charge in [0.2, 0.25) is 0 Å². The van der Waals surface area contributed by atoms with Crippen LogP contribution in [0, 0.1) is 5.92 Å². The average Bonchev–Trinajstić information content (AvgIpc) is 2.59. The molecular weight excluding hydrogens is 310 g/mol. The van der Waals surface area contributed by atoms with E-state index in [2.05, 4.69) is 4.99 Å². The van der Waals surface area contributed by atoms with Crippen molar-refractivity contribution >= 4 is 17.7 Å². The van der Waals surface area contributed by atoms with Crippen LogP contribution in [-0.2, 0) is 25.7 Å². The Kier molecular flexibility index (Phi) is 5.51. The van der Waals surface area contributed by atoms with Crippen molar-refractivity contribution in [1.29, 1.82) is 0 Å². The second-order valence-corrected chi connectivity index (χ2v) is 5.58. The molecule has 2 atom stereocenters. The molecule has 1 aliphatic rings. The van der Waals surface area contributed by atoms with E-state index in [4.69, 9.17) is 9.47 Å². The van der Waals surface area contributed by atoms with E-state index in [9.17, 15) is 14.7 Å². The molecule has 1 aromatic rings. The number of rotatable bonds is 4. The van der Waals surface area contributed by atoms with E-state index in [1.165, 1.54) is 14.2 Å². The van der Waals surface area contributed by atoms with Gasteiger partial charge in [0.05, 0.1) is 26.4 Å². The number of esters is 2. The SMILES string of the molecule is COC(=O)C1=C(C)N=C(C)C(C(=O)OC)C1c1ccccc1CO. The highest BCUT2D eigenvalue weighted by atomic mass is 16.5. The molecule has 0 radical (unpaired) electrons. The smallest absolute Gasteiger partial charge is 0.336 e. The molecule has 1 aliphatic heterocycles. The summed E-state index contributed by atoms with van der Waals surface area (Å²) in [6.07, 6.45) is 0. The van der Waals surface area contributed by atoms with Gasteiger partial charge in [-0.05, 0) is 25.0 Å². The highest BCUT2D eigenvalue weighted by Gasteiger charge is 2.42. The van der Waals surface area contributed by atoms with Crippen molar-refractivity contribution in [1.82, 2.24) is 0 Å². The minimum Gasteiger partial charge on any atom is -0.468 e. The zero-order valence-electron chi connectivity index (χ0n) is 14.2. The number of allylic oxidation sites excluding steroid dienone is 1. The summed E-state index contributed by atoms with van der Waals surface area (Å²) in [4.78, 5) is 29.1. The third-order valence-corrected chi connectivity index (χ3v) is 4.25. The van der Waals surface area contributed by atoms with Crippen molar-refractivity contribution < 1.29 is 24.2 Å². The van der Waals surface area contributed by atoms with Crippen LogP contribution in [0.4, 0.5) is 0 Å². The number of hydrogen-bond acceptors (Lipinski definition) is 6. The topological polar surface area (TPSA) is 85.2 Å². The van der Waals surface area contributed by atoms with Crippen LogP contribution in [0.5, 0.6) is 0 Å². The Balaban J connectivity index is 2.73. The van der Waals surface area contributed by atoms with Gasteiger partial charge in [0.1, 0.15) is 5.92 Å². The summed E-state index contributed by atoms with van der Waals surface area (Å²) in [5, 5.41) is 9.67. The van der Waals surface area contributed by atoms with E-state index in [-0.39, 0.29) is 6.61 Å². The van der Waals surface area contributed by atoms with Gasteiger partial charge in [-0.1, -0.05) is 24.3 Å². The predicted molar refractivity (Wildman–Crippen MR) is 88.4 cm³/mol. The zero-order valence-corrected chi connectivity index (χ0v) is 14.2. The van der Waals surface area contributed by atoms with Gasteiger partial charge in [-0.15, -0.1) is 0 Å². The number of carbonyl (C=O) groups is 2. The quantitative estimate of drug-likeness (QED) is 0.853. The molecule has 24 heavy (non-hydrogen) atoms. The first kappa shape index (κ1) is 17.9. The molecule has 2 rings (SSSR count). The largest absolute Gasteiger partial charge is 0.468 e. The molecule has 0 spiro atoms. The van der Waals surface area contributed by atoms with E-state index in [0.717, 1.165) is 0 Å². The van der Waals surface area contributed by atoms with E-state index in [1.807, 2.05) is 0 Å². The van der Waals surface area contributed by atoms with Gasteiger partial charge in [0, 0.05) is 17.3 Å². The van der Waals surface area contributed by atoms with Gasteiger partial charge in [-0.2, -0.15) is 0 Å². The number of benzene rings is 1. The maximum atomic E-state index is 12.4. The molecule has 2 unspecified atom stereocenters. The molecule has 1 heterocycles. The molecule has 0 aromatic heterocycles. The van der Waals surface area contributed by atoms with E-state index >= 15 is 0 Å². The lowest BCUT2D eigenvalue weighted by Gasteiger charge is -2.32. The number of methoxy groups -OCH3 is 2. The van der Waals surface area contributed by atoms with Gasteiger partial charge in [0.25, 0.3) is 0 Å². The van der Waals surface area contributed by atoms with Crippen molar-refractivity contribution in [3.8, 4) is 0 Å². The Morgan fingerprint density at radius 1 is 1.17 bits per heavy atom. The fraction of sp³-hybridized carbons (Fsp3) is 0.389. The number of nitrogens with zero attached hydrogens (tertiary/aromatic N) is 1. The Morgan fingerprint density at radius 2 is 1.83 bits per heavy atom. The normalized spacial score (nSPS) is 20.5. The lowest BCUT2D eigenvalue weighted by atomic mass is 9.74. The standard InChI is InChI=1S/C18H21NO5/c1-10-14(17(21)23-3)16(13-8-6-5-7-12(13)9-20)15(11(2)19-10)18(22)24-4/h5-8,14,16,20H,9H2,1-4H3. The lowest BCUT2D eigenvalue weighted by Crippen LogP contribution is -2.36. The molecule has 0 saturated carbocycles. The molecule has 6 nitrogen and oxygen atoms in total. The van der Waals surface area contributed by atoms with Crippen LogP contribution in [-0.4, -0.2) is 37.0 Å². The Morgan fingerprint density at radius 3 is 2.42 bits per heavy atom. The third-order valence-electron chi connectivity index (χ3n) is 4.25. The fourth-order valence-corrected chi connectivity index (χ4v) is 3.16. The first-order chi connectivity index (χ1) is 11.5. The summed E-state index contributed by atoms with van der Waals surface area (Å²) < 4.78 is 9.83. The van der Waals surface area contributed by atoms with Crippen LogP contribution in [0.15, 0.2) is 40.5 Å². The van der Waals surface area contributed by atoms with Gasteiger partial charge in [0.15, 0.2) is 0 Å². The Labute approximate surface area is 140 Å². The maximum Gasteiger partial charge on any atom is 0.336 e. The van der Waals surface area contributed by atoms with Gasteiger partial charge >= 0.3 is 11.9 Å². The summed E-state index contributed by atoms with van der Waals surface area (Å²) >= 11 is 0. The summed E-state index contributed by atoms with van der Waals surface area (Å²) in [6.45, 7) is 3.23. The van der Waals surface area contributed by atoms with Crippen molar-refractivity contribution in [2.75, 3.05) is 14.2 Å². The van der Waals surface area contributed by atoms with E-state index < -0.39 is 23.8 Å². The Hall–Kier alpha value is -2.47. The number of hydrogen-bond donors (Lipinski definition) is 1. The monoisotopic (exact) mass is 331 g/mol. The fourth-order valence-electron chi connectivity index (χ4n) is 3.16. The minimum absolute atomic E-state index is 0.204. The summed E-state index contributed by atoms with van der Waals surface area (Å²) in [5.41, 5.74) is 2.69. The van der Waals surface area contributed by atoms with Crippen molar-refractivity contribution in [3.05, 3.63) is 46.7 Å². The molecule has 6 heteroatoms. The van der Waals surface area contributed by atoms with E-state index in [0.29, 0.717) is 28.1 Å². The molecule has 0 amide bonds. The van der Waals surface area contributed by atoms with Crippen molar-refractivity contribution in [2.24, 2.45) is 10.9 Å². The van der Waals surface area contributed by atoms with Gasteiger partial charge < -0.3 is 14.6 Å². The number of ether oxygens (including phenoxy) is 2. The molecule has 1 aromatic carbocycles. The second-order valence-electron chi connectivity index (χ2n) is 5.58. The molecular formula is C18H21NO5. The summed E-state index contributed by atoms with van der Waals surface area (Å²) in [5.74, 6) is -2.40. The summed E-state index contributed by atoms with van der Waals surface area (Å²) in [6, 6.07) is 7.14. The lowest BCUT2D eigenvalue weighted by molar-refractivity contribution is -0.143. The van der Waals surface area contributed by atoms with E-state index in [1.54, 1.807) is 38.1 Å². The molecule has 0 saturated heterocycles. The summed E-state index contributed by atoms with van der Waals surface area (Å²) in [7, 11) is 2.59. The van der Waals surface area contributed by atoms with Gasteiger partial charge in [-0.25, -0.2) is 4.79 Å². The number of carbonyl (C=O) groups excluding carboxylic acids is 2. The molecule has 0 fully saturated rings. The van der Waals surface area contributed by atoms with Crippen LogP contribution >= 0.6 is 0 Å². The van der Waals surface area contributed by atoms with Crippen LogP contribution < -0.4 is 0 Å². The van der Waals surface area contributed by atoms with Crippen LogP contribution in [0.3, 0.4) is 0 Å². The second kappa shape index (κ2) is 7.40. The molecule has 0 bridgehead atoms. The van der Waals surface area contributed by atoms with Crippen LogP contribution in [0.1, 0.15) is 30.9 Å². The van der Waals surface area contributed by atoms with Crippen molar-refractivity contribution in [2.45, 2.75) is 26.4 Å². The van der Waals surface area contributed by atoms with Crippen LogP contribution in [0.2, 0.25) is 0 Å². The number of aliphatic hydroxyl groups is 1.